The number of amides is 1. The van der Waals surface area contributed by atoms with Gasteiger partial charge in [-0.15, -0.1) is 0 Å². The van der Waals surface area contributed by atoms with E-state index in [1.54, 1.807) is 32.2 Å². The molecule has 6 heteroatoms. The number of nitrogens with zero attached hydrogens (tertiary/aromatic N) is 2. The monoisotopic (exact) mass is 305 g/mol. The lowest BCUT2D eigenvalue weighted by Crippen LogP contribution is -2.30. The number of nitrogens with one attached hydrogen (secondary N) is 1. The summed E-state index contributed by atoms with van der Waals surface area (Å²) < 4.78 is 5.03. The van der Waals surface area contributed by atoms with E-state index in [2.05, 4.69) is 15.2 Å². The fourth-order valence-electron chi connectivity index (χ4n) is 2.45. The maximum absolute atomic E-state index is 12.3. The number of ether oxygens (including phenoxy) is 1. The van der Waals surface area contributed by atoms with Gasteiger partial charge in [-0.25, -0.2) is 4.98 Å². The molecule has 0 bridgehead atoms. The van der Waals surface area contributed by atoms with E-state index in [0.29, 0.717) is 5.56 Å². The topological polar surface area (TPSA) is 71.5 Å². The number of anilines is 1. The standard InChI is InChI=1S/C16H23N3O3/c1-12(2)22-14(20)7-9-18-16(21)13-6-5-8-17-15(13)19-10-3-4-11-19/h5-6,8,12H,3-4,7,9-11H2,1-2H3,(H,18,21). The number of carbonyl (C=O) groups excluding carboxylic acids is 2. The summed E-state index contributed by atoms with van der Waals surface area (Å²) in [5, 5.41) is 2.76. The summed E-state index contributed by atoms with van der Waals surface area (Å²) in [6.45, 7) is 5.72. The third-order valence-electron chi connectivity index (χ3n) is 3.42. The minimum atomic E-state index is -0.304. The highest BCUT2D eigenvalue weighted by molar-refractivity contribution is 5.99. The summed E-state index contributed by atoms with van der Waals surface area (Å²) in [4.78, 5) is 30.2. The Labute approximate surface area is 130 Å². The number of pyridine rings is 1. The molecule has 6 nitrogen and oxygen atoms in total. The van der Waals surface area contributed by atoms with Crippen LogP contribution in [0.25, 0.3) is 0 Å². The van der Waals surface area contributed by atoms with Crippen molar-refractivity contribution in [3.05, 3.63) is 23.9 Å². The minimum absolute atomic E-state index is 0.136. The predicted octanol–water partition coefficient (Wildman–Crippen LogP) is 1.75. The van der Waals surface area contributed by atoms with E-state index in [1.165, 1.54) is 0 Å². The van der Waals surface area contributed by atoms with Crippen molar-refractivity contribution >= 4 is 17.7 Å². The van der Waals surface area contributed by atoms with Gasteiger partial charge < -0.3 is 15.0 Å². The van der Waals surface area contributed by atoms with E-state index in [-0.39, 0.29) is 30.9 Å². The van der Waals surface area contributed by atoms with Gasteiger partial charge in [-0.05, 0) is 38.8 Å². The van der Waals surface area contributed by atoms with E-state index >= 15 is 0 Å². The van der Waals surface area contributed by atoms with Crippen molar-refractivity contribution < 1.29 is 14.3 Å². The molecule has 0 unspecified atom stereocenters. The Morgan fingerprint density at radius 2 is 2.09 bits per heavy atom. The van der Waals surface area contributed by atoms with Crippen molar-refractivity contribution in [1.82, 2.24) is 10.3 Å². The predicted molar refractivity (Wildman–Crippen MR) is 83.9 cm³/mol. The quantitative estimate of drug-likeness (QED) is 0.811. The Bertz CT molecular complexity index is 525. The third-order valence-corrected chi connectivity index (χ3v) is 3.42. The van der Waals surface area contributed by atoms with Gasteiger partial charge in [-0.3, -0.25) is 9.59 Å². The molecule has 1 amide bonds. The van der Waals surface area contributed by atoms with E-state index in [1.807, 2.05) is 0 Å². The summed E-state index contributed by atoms with van der Waals surface area (Å²) in [5.41, 5.74) is 0.557. The molecule has 2 heterocycles. The summed E-state index contributed by atoms with van der Waals surface area (Å²) in [6.07, 6.45) is 3.98. The smallest absolute Gasteiger partial charge is 0.307 e. The molecular weight excluding hydrogens is 282 g/mol. The van der Waals surface area contributed by atoms with Crippen LogP contribution in [-0.4, -0.2) is 42.6 Å². The molecule has 0 aliphatic carbocycles. The fourth-order valence-corrected chi connectivity index (χ4v) is 2.45. The first-order valence-electron chi connectivity index (χ1n) is 7.75. The molecule has 0 spiro atoms. The second-order valence-electron chi connectivity index (χ2n) is 5.61. The molecule has 0 radical (unpaired) electrons. The zero-order valence-corrected chi connectivity index (χ0v) is 13.2. The van der Waals surface area contributed by atoms with Crippen LogP contribution in [0.2, 0.25) is 0 Å². The summed E-state index contributed by atoms with van der Waals surface area (Å²) in [5.74, 6) is 0.218. The highest BCUT2D eigenvalue weighted by atomic mass is 16.5. The first kappa shape index (κ1) is 16.3. The third kappa shape index (κ3) is 4.44. The normalized spacial score (nSPS) is 14.2. The summed E-state index contributed by atoms with van der Waals surface area (Å²) >= 11 is 0. The van der Waals surface area contributed by atoms with Crippen LogP contribution in [-0.2, 0) is 9.53 Å². The molecule has 1 aliphatic rings. The molecule has 2 rings (SSSR count). The highest BCUT2D eigenvalue weighted by Gasteiger charge is 2.20. The zero-order chi connectivity index (χ0) is 15.9. The Morgan fingerprint density at radius 3 is 2.77 bits per heavy atom. The minimum Gasteiger partial charge on any atom is -0.463 e. The molecule has 1 N–H and O–H groups in total. The number of aromatic nitrogens is 1. The maximum Gasteiger partial charge on any atom is 0.307 e. The van der Waals surface area contributed by atoms with Gasteiger partial charge in [-0.1, -0.05) is 0 Å². The number of carbonyl (C=O) groups is 2. The average Bonchev–Trinajstić information content (AvgIpc) is 3.00. The lowest BCUT2D eigenvalue weighted by molar-refractivity contribution is -0.147. The molecule has 0 saturated carbocycles. The van der Waals surface area contributed by atoms with Gasteiger partial charge >= 0.3 is 5.97 Å². The van der Waals surface area contributed by atoms with Gasteiger partial charge in [0.2, 0.25) is 0 Å². The molecule has 0 atom stereocenters. The van der Waals surface area contributed by atoms with Crippen LogP contribution in [0.4, 0.5) is 5.82 Å². The molecule has 120 valence electrons. The Balaban J connectivity index is 1.91. The first-order valence-corrected chi connectivity index (χ1v) is 7.75. The van der Waals surface area contributed by atoms with Crippen molar-refractivity contribution in [3.8, 4) is 0 Å². The van der Waals surface area contributed by atoms with Gasteiger partial charge in [0, 0.05) is 25.8 Å². The van der Waals surface area contributed by atoms with Crippen molar-refractivity contribution in [1.29, 1.82) is 0 Å². The molecular formula is C16H23N3O3. The van der Waals surface area contributed by atoms with Crippen LogP contribution < -0.4 is 10.2 Å². The van der Waals surface area contributed by atoms with Crippen LogP contribution in [0, 0.1) is 0 Å². The van der Waals surface area contributed by atoms with Gasteiger partial charge in [0.15, 0.2) is 0 Å². The summed E-state index contributed by atoms with van der Waals surface area (Å²) in [6, 6.07) is 3.52. The second kappa shape index (κ2) is 7.77. The molecule has 1 aromatic heterocycles. The van der Waals surface area contributed by atoms with Crippen LogP contribution in [0.15, 0.2) is 18.3 Å². The van der Waals surface area contributed by atoms with Crippen LogP contribution in [0.3, 0.4) is 0 Å². The highest BCUT2D eigenvalue weighted by Crippen LogP contribution is 2.21. The second-order valence-corrected chi connectivity index (χ2v) is 5.61. The number of hydrogen-bond donors (Lipinski definition) is 1. The van der Waals surface area contributed by atoms with Crippen LogP contribution in [0.1, 0.15) is 43.5 Å². The van der Waals surface area contributed by atoms with Gasteiger partial charge in [0.25, 0.3) is 5.91 Å². The van der Waals surface area contributed by atoms with E-state index in [0.717, 1.165) is 31.7 Å². The van der Waals surface area contributed by atoms with Gasteiger partial charge in [0.05, 0.1) is 18.1 Å². The Hall–Kier alpha value is -2.11. The van der Waals surface area contributed by atoms with Crippen molar-refractivity contribution in [2.45, 2.75) is 39.2 Å². The van der Waals surface area contributed by atoms with Gasteiger partial charge in [0.1, 0.15) is 5.82 Å². The summed E-state index contributed by atoms with van der Waals surface area (Å²) in [7, 11) is 0. The van der Waals surface area contributed by atoms with Gasteiger partial charge in [-0.2, -0.15) is 0 Å². The van der Waals surface area contributed by atoms with Crippen molar-refractivity contribution in [2.24, 2.45) is 0 Å². The number of rotatable bonds is 6. The maximum atomic E-state index is 12.3. The molecule has 1 saturated heterocycles. The molecule has 22 heavy (non-hydrogen) atoms. The van der Waals surface area contributed by atoms with Crippen LogP contribution >= 0.6 is 0 Å². The fraction of sp³-hybridized carbons (Fsp3) is 0.562. The van der Waals surface area contributed by atoms with E-state index in [9.17, 15) is 9.59 Å². The molecule has 1 aromatic rings. The SMILES string of the molecule is CC(C)OC(=O)CCNC(=O)c1cccnc1N1CCCC1. The average molecular weight is 305 g/mol. The van der Waals surface area contributed by atoms with Crippen molar-refractivity contribution in [3.63, 3.8) is 0 Å². The Morgan fingerprint density at radius 1 is 1.36 bits per heavy atom. The molecule has 0 aromatic carbocycles. The van der Waals surface area contributed by atoms with Crippen molar-refractivity contribution in [2.75, 3.05) is 24.5 Å². The van der Waals surface area contributed by atoms with E-state index in [4.69, 9.17) is 4.74 Å². The lowest BCUT2D eigenvalue weighted by Gasteiger charge is -2.19. The zero-order valence-electron chi connectivity index (χ0n) is 13.2. The molecule has 1 aliphatic heterocycles. The largest absolute Gasteiger partial charge is 0.463 e. The van der Waals surface area contributed by atoms with E-state index < -0.39 is 0 Å². The van der Waals surface area contributed by atoms with Crippen LogP contribution in [0.5, 0.6) is 0 Å². The number of hydrogen-bond acceptors (Lipinski definition) is 5. The Kier molecular flexibility index (Phi) is 5.75. The molecule has 1 fully saturated rings. The first-order chi connectivity index (χ1) is 10.6. The lowest BCUT2D eigenvalue weighted by atomic mass is 10.2. The number of esters is 1.